The van der Waals surface area contributed by atoms with Crippen LogP contribution in [0.5, 0.6) is 0 Å². The third-order valence-corrected chi connectivity index (χ3v) is 2.12. The second-order valence-electron chi connectivity index (χ2n) is 3.04. The Morgan fingerprint density at radius 1 is 1.07 bits per heavy atom. The molecular formula is C11H14N2O2. The fourth-order valence-electron chi connectivity index (χ4n) is 1.34. The van der Waals surface area contributed by atoms with Crippen LogP contribution in [0.1, 0.15) is 40.1 Å². The third kappa shape index (κ3) is 1.83. The van der Waals surface area contributed by atoms with E-state index in [-0.39, 0.29) is 11.8 Å². The van der Waals surface area contributed by atoms with Gasteiger partial charge < -0.3 is 5.73 Å². The number of hydrogen-bond donors (Lipinski definition) is 2. The van der Waals surface area contributed by atoms with Crippen molar-refractivity contribution in [3.8, 4) is 0 Å². The molecule has 0 saturated carbocycles. The summed E-state index contributed by atoms with van der Waals surface area (Å²) in [7, 11) is 0. The van der Waals surface area contributed by atoms with Crippen molar-refractivity contribution in [2.45, 2.75) is 20.8 Å². The normalized spacial score (nSPS) is 12.7. The third-order valence-electron chi connectivity index (χ3n) is 2.12. The predicted molar refractivity (Wildman–Crippen MR) is 58.7 cm³/mol. The molecule has 4 nitrogen and oxygen atoms in total. The van der Waals surface area contributed by atoms with Crippen LogP contribution in [0.4, 0.5) is 5.69 Å². The Morgan fingerprint density at radius 2 is 1.53 bits per heavy atom. The van der Waals surface area contributed by atoms with Crippen LogP contribution in [0.2, 0.25) is 0 Å². The van der Waals surface area contributed by atoms with Crippen molar-refractivity contribution in [2.24, 2.45) is 0 Å². The summed E-state index contributed by atoms with van der Waals surface area (Å²) in [6, 6.07) is 3.16. The number of nitrogen functional groups attached to an aromatic ring is 1. The van der Waals surface area contributed by atoms with Crippen molar-refractivity contribution in [3.05, 3.63) is 28.8 Å². The van der Waals surface area contributed by atoms with E-state index in [1.54, 1.807) is 13.0 Å². The van der Waals surface area contributed by atoms with Gasteiger partial charge in [0.25, 0.3) is 11.8 Å². The molecule has 15 heavy (non-hydrogen) atoms. The summed E-state index contributed by atoms with van der Waals surface area (Å²) in [5.74, 6) is -0.713. The first-order valence-electron chi connectivity index (χ1n) is 4.85. The molecule has 0 atom stereocenters. The Balaban J connectivity index is 0.000000531. The number of imide groups is 1. The molecule has 1 heterocycles. The summed E-state index contributed by atoms with van der Waals surface area (Å²) in [6.45, 7) is 5.80. The molecule has 4 heteroatoms. The van der Waals surface area contributed by atoms with E-state index in [0.29, 0.717) is 16.8 Å². The average molecular weight is 206 g/mol. The largest absolute Gasteiger partial charge is 0.398 e. The van der Waals surface area contributed by atoms with E-state index in [2.05, 4.69) is 5.32 Å². The van der Waals surface area contributed by atoms with Crippen molar-refractivity contribution in [1.82, 2.24) is 5.32 Å². The standard InChI is InChI=1S/C9H8N2O2.C2H6/c1-4-2-5-6(3-7(4)10)9(13)11-8(5)12;1-2/h2-3H,10H2,1H3,(H,11,12,13);1-2H3. The second kappa shape index (κ2) is 4.13. The fraction of sp³-hybridized carbons (Fsp3) is 0.273. The highest BCUT2D eigenvalue weighted by Gasteiger charge is 2.26. The van der Waals surface area contributed by atoms with E-state index in [1.165, 1.54) is 6.07 Å². The van der Waals surface area contributed by atoms with Crippen LogP contribution < -0.4 is 11.1 Å². The highest BCUT2D eigenvalue weighted by molar-refractivity contribution is 6.21. The monoisotopic (exact) mass is 206 g/mol. The Morgan fingerprint density at radius 3 is 2.07 bits per heavy atom. The number of rotatable bonds is 0. The molecule has 1 aromatic carbocycles. The van der Waals surface area contributed by atoms with Crippen LogP contribution in [0, 0.1) is 6.92 Å². The Bertz CT molecular complexity index is 386. The number of amides is 2. The summed E-state index contributed by atoms with van der Waals surface area (Å²) in [5, 5.41) is 2.20. The lowest BCUT2D eigenvalue weighted by Crippen LogP contribution is -2.19. The number of anilines is 1. The Kier molecular flexibility index (Phi) is 3.09. The van der Waals surface area contributed by atoms with Gasteiger partial charge in [-0.2, -0.15) is 0 Å². The van der Waals surface area contributed by atoms with E-state index in [9.17, 15) is 9.59 Å². The van der Waals surface area contributed by atoms with Gasteiger partial charge in [0.1, 0.15) is 0 Å². The molecule has 0 radical (unpaired) electrons. The molecule has 1 aliphatic heterocycles. The lowest BCUT2D eigenvalue weighted by atomic mass is 10.0. The molecule has 2 amide bonds. The highest BCUT2D eigenvalue weighted by atomic mass is 16.2. The number of fused-ring (bicyclic) bond motifs is 1. The first-order valence-corrected chi connectivity index (χ1v) is 4.85. The first-order chi connectivity index (χ1) is 7.09. The maximum Gasteiger partial charge on any atom is 0.259 e. The molecule has 1 aliphatic rings. The molecule has 0 aromatic heterocycles. The lowest BCUT2D eigenvalue weighted by molar-refractivity contribution is 0.0879. The molecule has 0 bridgehead atoms. The lowest BCUT2D eigenvalue weighted by Gasteiger charge is -2.00. The smallest absolute Gasteiger partial charge is 0.259 e. The predicted octanol–water partition coefficient (Wildman–Crippen LogP) is 1.49. The van der Waals surface area contributed by atoms with Crippen molar-refractivity contribution in [1.29, 1.82) is 0 Å². The zero-order chi connectivity index (χ0) is 11.6. The molecule has 1 aromatic rings. The Hall–Kier alpha value is -1.84. The number of nitrogens with two attached hydrogens (primary N) is 1. The van der Waals surface area contributed by atoms with E-state index in [0.717, 1.165) is 5.56 Å². The fourth-order valence-corrected chi connectivity index (χ4v) is 1.34. The topological polar surface area (TPSA) is 72.2 Å². The minimum Gasteiger partial charge on any atom is -0.398 e. The van der Waals surface area contributed by atoms with Crippen molar-refractivity contribution < 1.29 is 9.59 Å². The molecule has 0 unspecified atom stereocenters. The van der Waals surface area contributed by atoms with Gasteiger partial charge in [-0.05, 0) is 24.6 Å². The summed E-state index contributed by atoms with van der Waals surface area (Å²) < 4.78 is 0. The van der Waals surface area contributed by atoms with Gasteiger partial charge in [0, 0.05) is 5.69 Å². The van der Waals surface area contributed by atoms with Gasteiger partial charge in [0.05, 0.1) is 11.1 Å². The first kappa shape index (κ1) is 11.2. The zero-order valence-electron chi connectivity index (χ0n) is 9.05. The van der Waals surface area contributed by atoms with Gasteiger partial charge in [-0.3, -0.25) is 14.9 Å². The number of aryl methyl sites for hydroxylation is 1. The SMILES string of the molecule is CC.Cc1cc2c(cc1N)C(=O)NC2=O. The van der Waals surface area contributed by atoms with Gasteiger partial charge in [-0.15, -0.1) is 0 Å². The van der Waals surface area contributed by atoms with E-state index in [4.69, 9.17) is 5.73 Å². The minimum absolute atomic E-state index is 0.344. The number of carbonyl (C=O) groups is 2. The van der Waals surface area contributed by atoms with Gasteiger partial charge in [0.15, 0.2) is 0 Å². The van der Waals surface area contributed by atoms with Gasteiger partial charge in [-0.1, -0.05) is 13.8 Å². The molecule has 2 rings (SSSR count). The molecule has 0 aliphatic carbocycles. The van der Waals surface area contributed by atoms with E-state index >= 15 is 0 Å². The van der Waals surface area contributed by atoms with Crippen LogP contribution in [0.25, 0.3) is 0 Å². The van der Waals surface area contributed by atoms with Crippen LogP contribution in [0.3, 0.4) is 0 Å². The van der Waals surface area contributed by atoms with Crippen LogP contribution in [0.15, 0.2) is 12.1 Å². The number of carbonyl (C=O) groups excluding carboxylic acids is 2. The van der Waals surface area contributed by atoms with Crippen LogP contribution in [-0.4, -0.2) is 11.8 Å². The van der Waals surface area contributed by atoms with Gasteiger partial charge in [-0.25, -0.2) is 0 Å². The molecule has 3 N–H and O–H groups in total. The van der Waals surface area contributed by atoms with E-state index in [1.807, 2.05) is 13.8 Å². The molecular weight excluding hydrogens is 192 g/mol. The van der Waals surface area contributed by atoms with Crippen molar-refractivity contribution >= 4 is 17.5 Å². The second-order valence-corrected chi connectivity index (χ2v) is 3.04. The molecule has 0 fully saturated rings. The molecule has 0 spiro atoms. The van der Waals surface area contributed by atoms with Gasteiger partial charge in [0.2, 0.25) is 0 Å². The van der Waals surface area contributed by atoms with Gasteiger partial charge >= 0.3 is 0 Å². The highest BCUT2D eigenvalue weighted by Crippen LogP contribution is 2.21. The maximum absolute atomic E-state index is 11.2. The average Bonchev–Trinajstić information content (AvgIpc) is 2.48. The summed E-state index contributed by atoms with van der Waals surface area (Å²) in [5.41, 5.74) is 7.73. The summed E-state index contributed by atoms with van der Waals surface area (Å²) in [6.07, 6.45) is 0. The number of benzene rings is 1. The summed E-state index contributed by atoms with van der Waals surface area (Å²) >= 11 is 0. The minimum atomic E-state index is -0.369. The van der Waals surface area contributed by atoms with Crippen molar-refractivity contribution in [2.75, 3.05) is 5.73 Å². The number of hydrogen-bond acceptors (Lipinski definition) is 3. The van der Waals surface area contributed by atoms with E-state index < -0.39 is 0 Å². The Labute approximate surface area is 88.5 Å². The quantitative estimate of drug-likeness (QED) is 0.499. The maximum atomic E-state index is 11.2. The zero-order valence-corrected chi connectivity index (χ0v) is 9.05. The van der Waals surface area contributed by atoms with Crippen molar-refractivity contribution in [3.63, 3.8) is 0 Å². The number of nitrogens with one attached hydrogen (secondary N) is 1. The van der Waals surface area contributed by atoms with Crippen LogP contribution >= 0.6 is 0 Å². The molecule has 80 valence electrons. The summed E-state index contributed by atoms with van der Waals surface area (Å²) in [4.78, 5) is 22.3. The van der Waals surface area contributed by atoms with Crippen LogP contribution in [-0.2, 0) is 0 Å². The molecule has 0 saturated heterocycles.